The van der Waals surface area contributed by atoms with Crippen molar-refractivity contribution in [2.24, 2.45) is 0 Å². The number of amides is 1. The molecular formula is C16H16N4OS. The predicted molar refractivity (Wildman–Crippen MR) is 88.6 cm³/mol. The number of nitrogens with zero attached hydrogens (tertiary/aromatic N) is 3. The van der Waals surface area contributed by atoms with Crippen molar-refractivity contribution in [2.75, 3.05) is 11.6 Å². The second-order valence-electron chi connectivity index (χ2n) is 5.00. The molecule has 3 aromatic rings. The number of hydrogen-bond donors (Lipinski definition) is 1. The highest BCUT2D eigenvalue weighted by atomic mass is 32.2. The van der Waals surface area contributed by atoms with Crippen LogP contribution in [0.5, 0.6) is 0 Å². The van der Waals surface area contributed by atoms with E-state index in [0.717, 1.165) is 27.6 Å². The second kappa shape index (κ2) is 5.81. The van der Waals surface area contributed by atoms with Gasteiger partial charge in [0.1, 0.15) is 0 Å². The lowest BCUT2D eigenvalue weighted by Crippen LogP contribution is -2.16. The zero-order chi connectivity index (χ0) is 15.7. The van der Waals surface area contributed by atoms with E-state index in [4.69, 9.17) is 0 Å². The number of aromatic nitrogens is 3. The highest BCUT2D eigenvalue weighted by Crippen LogP contribution is 2.20. The summed E-state index contributed by atoms with van der Waals surface area (Å²) in [6.45, 7) is 3.77. The van der Waals surface area contributed by atoms with Gasteiger partial charge in [0.05, 0.1) is 17.0 Å². The number of aryl methyl sites for hydroxylation is 2. The van der Waals surface area contributed by atoms with Crippen molar-refractivity contribution in [3.8, 4) is 0 Å². The fourth-order valence-corrected chi connectivity index (χ4v) is 2.74. The molecule has 5 nitrogen and oxygen atoms in total. The van der Waals surface area contributed by atoms with Crippen LogP contribution in [0, 0.1) is 13.8 Å². The summed E-state index contributed by atoms with van der Waals surface area (Å²) < 4.78 is 1.70. The first-order chi connectivity index (χ1) is 10.6. The summed E-state index contributed by atoms with van der Waals surface area (Å²) in [5.74, 6) is -0.182. The van der Waals surface area contributed by atoms with E-state index in [1.54, 1.807) is 22.5 Å². The first-order valence-corrected chi connectivity index (χ1v) is 8.08. The van der Waals surface area contributed by atoms with Crippen LogP contribution >= 0.6 is 11.8 Å². The van der Waals surface area contributed by atoms with Crippen molar-refractivity contribution in [3.05, 3.63) is 53.5 Å². The van der Waals surface area contributed by atoms with E-state index < -0.39 is 0 Å². The molecule has 0 aliphatic carbocycles. The quantitative estimate of drug-likeness (QED) is 0.754. The molecule has 2 heterocycles. The molecule has 22 heavy (non-hydrogen) atoms. The van der Waals surface area contributed by atoms with E-state index in [0.29, 0.717) is 5.56 Å². The summed E-state index contributed by atoms with van der Waals surface area (Å²) in [6.07, 6.45) is 3.60. The number of nitrogens with one attached hydrogen (secondary N) is 1. The summed E-state index contributed by atoms with van der Waals surface area (Å²) in [7, 11) is 0. The topological polar surface area (TPSA) is 59.3 Å². The number of hydrogen-bond acceptors (Lipinski definition) is 4. The van der Waals surface area contributed by atoms with Crippen LogP contribution in [0.15, 0.2) is 41.4 Å². The van der Waals surface area contributed by atoms with Gasteiger partial charge in [-0.05, 0) is 38.3 Å². The third kappa shape index (κ3) is 2.69. The lowest BCUT2D eigenvalue weighted by atomic mass is 10.2. The molecule has 6 heteroatoms. The third-order valence-corrected chi connectivity index (χ3v) is 4.14. The third-order valence-electron chi connectivity index (χ3n) is 3.42. The maximum absolute atomic E-state index is 12.5. The average Bonchev–Trinajstić information content (AvgIpc) is 2.89. The molecule has 1 aromatic carbocycles. The lowest BCUT2D eigenvalue weighted by molar-refractivity contribution is 0.102. The van der Waals surface area contributed by atoms with Gasteiger partial charge in [-0.1, -0.05) is 6.07 Å². The molecule has 0 atom stereocenters. The fourth-order valence-electron chi connectivity index (χ4n) is 2.28. The summed E-state index contributed by atoms with van der Waals surface area (Å²) in [5.41, 5.74) is 3.69. The Morgan fingerprint density at radius 3 is 2.86 bits per heavy atom. The second-order valence-corrected chi connectivity index (χ2v) is 5.88. The Morgan fingerprint density at radius 2 is 2.09 bits per heavy atom. The summed E-state index contributed by atoms with van der Waals surface area (Å²) in [5, 5.41) is 7.27. The van der Waals surface area contributed by atoms with Crippen molar-refractivity contribution < 1.29 is 4.79 Å². The molecule has 1 amide bonds. The zero-order valence-electron chi connectivity index (χ0n) is 12.6. The molecule has 2 aromatic heterocycles. The fraction of sp³-hybridized carbons (Fsp3) is 0.188. The molecule has 3 rings (SSSR count). The lowest BCUT2D eigenvalue weighted by Gasteiger charge is -2.09. The van der Waals surface area contributed by atoms with Crippen molar-refractivity contribution >= 4 is 29.0 Å². The minimum absolute atomic E-state index is 0.182. The smallest absolute Gasteiger partial charge is 0.259 e. The van der Waals surface area contributed by atoms with Gasteiger partial charge in [0, 0.05) is 22.8 Å². The number of fused-ring (bicyclic) bond motifs is 1. The molecule has 0 aliphatic heterocycles. The van der Waals surface area contributed by atoms with Crippen molar-refractivity contribution in [1.29, 1.82) is 0 Å². The Bertz CT molecular complexity index is 856. The van der Waals surface area contributed by atoms with E-state index in [1.165, 1.54) is 0 Å². The van der Waals surface area contributed by atoms with E-state index >= 15 is 0 Å². The molecule has 0 saturated heterocycles. The average molecular weight is 312 g/mol. The first kappa shape index (κ1) is 14.6. The number of anilines is 1. The SMILES string of the molecule is CSc1cccc(NC(=O)c2cnc3cc(C)nn3c2C)c1. The number of thioether (sulfide) groups is 1. The summed E-state index contributed by atoms with van der Waals surface area (Å²) in [4.78, 5) is 17.9. The standard InChI is InChI=1S/C16H16N4OS/c1-10-7-15-17-9-14(11(2)20(15)19-10)16(21)18-12-5-4-6-13(8-12)22-3/h4-9H,1-3H3,(H,18,21). The molecule has 0 spiro atoms. The van der Waals surface area contributed by atoms with Gasteiger partial charge in [-0.25, -0.2) is 9.50 Å². The van der Waals surface area contributed by atoms with Crippen molar-refractivity contribution in [2.45, 2.75) is 18.7 Å². The van der Waals surface area contributed by atoms with Crippen molar-refractivity contribution in [1.82, 2.24) is 14.6 Å². The Hall–Kier alpha value is -2.34. The van der Waals surface area contributed by atoms with Crippen LogP contribution in [0.3, 0.4) is 0 Å². The summed E-state index contributed by atoms with van der Waals surface area (Å²) in [6, 6.07) is 9.63. The Balaban J connectivity index is 1.93. The van der Waals surface area contributed by atoms with Gasteiger partial charge < -0.3 is 5.32 Å². The van der Waals surface area contributed by atoms with Gasteiger partial charge in [0.15, 0.2) is 5.65 Å². The number of carbonyl (C=O) groups is 1. The van der Waals surface area contributed by atoms with Gasteiger partial charge in [0.25, 0.3) is 5.91 Å². The molecule has 0 aliphatic rings. The van der Waals surface area contributed by atoms with Crippen LogP contribution in [0.2, 0.25) is 0 Å². The Kier molecular flexibility index (Phi) is 3.85. The molecule has 0 unspecified atom stereocenters. The minimum Gasteiger partial charge on any atom is -0.322 e. The van der Waals surface area contributed by atoms with Gasteiger partial charge in [-0.15, -0.1) is 11.8 Å². The Labute approximate surface area is 132 Å². The van der Waals surface area contributed by atoms with E-state index in [2.05, 4.69) is 15.4 Å². The maximum Gasteiger partial charge on any atom is 0.259 e. The van der Waals surface area contributed by atoms with E-state index in [1.807, 2.05) is 50.4 Å². The van der Waals surface area contributed by atoms with Crippen LogP contribution in [-0.4, -0.2) is 26.8 Å². The normalized spacial score (nSPS) is 10.9. The largest absolute Gasteiger partial charge is 0.322 e. The molecule has 0 fully saturated rings. The first-order valence-electron chi connectivity index (χ1n) is 6.86. The molecular weight excluding hydrogens is 296 g/mol. The molecule has 0 saturated carbocycles. The number of rotatable bonds is 3. The number of carbonyl (C=O) groups excluding carboxylic acids is 1. The summed E-state index contributed by atoms with van der Waals surface area (Å²) >= 11 is 1.64. The van der Waals surface area contributed by atoms with Crippen LogP contribution in [0.1, 0.15) is 21.7 Å². The number of benzene rings is 1. The van der Waals surface area contributed by atoms with E-state index in [-0.39, 0.29) is 5.91 Å². The van der Waals surface area contributed by atoms with Crippen LogP contribution < -0.4 is 5.32 Å². The van der Waals surface area contributed by atoms with Gasteiger partial charge in [-0.2, -0.15) is 5.10 Å². The van der Waals surface area contributed by atoms with Crippen LogP contribution in [0.25, 0.3) is 5.65 Å². The molecule has 0 bridgehead atoms. The van der Waals surface area contributed by atoms with Crippen LogP contribution in [-0.2, 0) is 0 Å². The minimum atomic E-state index is -0.182. The highest BCUT2D eigenvalue weighted by Gasteiger charge is 2.14. The van der Waals surface area contributed by atoms with E-state index in [9.17, 15) is 4.79 Å². The molecule has 1 N–H and O–H groups in total. The zero-order valence-corrected chi connectivity index (χ0v) is 13.4. The monoisotopic (exact) mass is 312 g/mol. The van der Waals surface area contributed by atoms with Gasteiger partial charge in [0.2, 0.25) is 0 Å². The maximum atomic E-state index is 12.5. The predicted octanol–water partition coefficient (Wildman–Crippen LogP) is 3.32. The van der Waals surface area contributed by atoms with Gasteiger partial charge >= 0.3 is 0 Å². The highest BCUT2D eigenvalue weighted by molar-refractivity contribution is 7.98. The molecule has 0 radical (unpaired) electrons. The van der Waals surface area contributed by atoms with Crippen LogP contribution in [0.4, 0.5) is 5.69 Å². The molecule has 112 valence electrons. The van der Waals surface area contributed by atoms with Crippen molar-refractivity contribution in [3.63, 3.8) is 0 Å². The Morgan fingerprint density at radius 1 is 1.27 bits per heavy atom. The van der Waals surface area contributed by atoms with Gasteiger partial charge in [-0.3, -0.25) is 4.79 Å².